The molecular weight excluding hydrogens is 350 g/mol. The summed E-state index contributed by atoms with van der Waals surface area (Å²) in [7, 11) is 2.23. The molecule has 1 saturated heterocycles. The van der Waals surface area contributed by atoms with Crippen molar-refractivity contribution < 1.29 is 0 Å². The van der Waals surface area contributed by atoms with Crippen LogP contribution >= 0.6 is 12.2 Å². The monoisotopic (exact) mass is 383 g/mol. The molecule has 2 aliphatic carbocycles. The Labute approximate surface area is 169 Å². The zero-order chi connectivity index (χ0) is 18.8. The number of fused-ring (bicyclic) bond motifs is 2. The van der Waals surface area contributed by atoms with Gasteiger partial charge in [-0.15, -0.1) is 0 Å². The van der Waals surface area contributed by atoms with E-state index in [2.05, 4.69) is 71.6 Å². The molecule has 3 nitrogen and oxygen atoms in total. The third-order valence-corrected chi connectivity index (χ3v) is 7.23. The Hall–Kier alpha value is -1.39. The third-order valence-electron chi connectivity index (χ3n) is 6.88. The molecule has 0 spiro atoms. The maximum absolute atomic E-state index is 5.97. The molecule has 1 aromatic carbocycles. The Kier molecular flexibility index (Phi) is 5.84. The summed E-state index contributed by atoms with van der Waals surface area (Å²) in [4.78, 5) is 5.00. The normalized spacial score (nSPS) is 29.0. The first-order chi connectivity index (χ1) is 13.1. The van der Waals surface area contributed by atoms with Crippen LogP contribution < -0.4 is 5.32 Å². The molecule has 2 fully saturated rings. The number of nitrogens with one attached hydrogen (secondary N) is 1. The number of likely N-dealkylation sites (tertiary alicyclic amines) is 1. The predicted molar refractivity (Wildman–Crippen MR) is 117 cm³/mol. The summed E-state index contributed by atoms with van der Waals surface area (Å²) in [6.45, 7) is 5.69. The van der Waals surface area contributed by atoms with Crippen LogP contribution in [-0.4, -0.2) is 47.6 Å². The van der Waals surface area contributed by atoms with Crippen molar-refractivity contribution in [1.82, 2.24) is 15.1 Å². The van der Waals surface area contributed by atoms with E-state index in [4.69, 9.17) is 12.2 Å². The molecule has 1 aromatic rings. The molecule has 1 heterocycles. The molecule has 4 atom stereocenters. The lowest BCUT2D eigenvalue weighted by Crippen LogP contribution is -2.52. The van der Waals surface area contributed by atoms with Crippen LogP contribution in [-0.2, 0) is 0 Å². The molecule has 146 valence electrons. The van der Waals surface area contributed by atoms with Gasteiger partial charge in [0.05, 0.1) is 6.04 Å². The highest BCUT2D eigenvalue weighted by Crippen LogP contribution is 2.44. The fourth-order valence-corrected chi connectivity index (χ4v) is 5.56. The number of piperidine rings is 1. The molecule has 4 heteroatoms. The van der Waals surface area contributed by atoms with Gasteiger partial charge in [0, 0.05) is 12.6 Å². The molecule has 27 heavy (non-hydrogen) atoms. The minimum Gasteiger partial charge on any atom is -0.356 e. The molecule has 4 unspecified atom stereocenters. The van der Waals surface area contributed by atoms with Crippen molar-refractivity contribution in [3.63, 3.8) is 0 Å². The Morgan fingerprint density at radius 2 is 1.93 bits per heavy atom. The van der Waals surface area contributed by atoms with Gasteiger partial charge in [0.2, 0.25) is 0 Å². The highest BCUT2D eigenvalue weighted by atomic mass is 32.1. The van der Waals surface area contributed by atoms with Crippen molar-refractivity contribution in [2.24, 2.45) is 17.8 Å². The maximum Gasteiger partial charge on any atom is 0.169 e. The minimum atomic E-state index is 0.243. The fourth-order valence-electron chi connectivity index (χ4n) is 5.15. The van der Waals surface area contributed by atoms with Crippen LogP contribution in [0.5, 0.6) is 0 Å². The van der Waals surface area contributed by atoms with E-state index in [0.29, 0.717) is 6.04 Å². The zero-order valence-electron chi connectivity index (χ0n) is 16.7. The molecule has 0 amide bonds. The molecular formula is C23H33N3S. The molecule has 2 bridgehead atoms. The van der Waals surface area contributed by atoms with Crippen molar-refractivity contribution >= 4 is 17.3 Å². The SMILES string of the molecule is CC(NC(=S)N(CC1CC2C=CC1C2)C1CCN(C)CC1)c1ccccc1. The van der Waals surface area contributed by atoms with E-state index in [0.717, 1.165) is 29.4 Å². The van der Waals surface area contributed by atoms with Crippen LogP contribution in [0.3, 0.4) is 0 Å². The molecule has 1 N–H and O–H groups in total. The summed E-state index contributed by atoms with van der Waals surface area (Å²) < 4.78 is 0. The summed E-state index contributed by atoms with van der Waals surface area (Å²) in [5.74, 6) is 2.37. The van der Waals surface area contributed by atoms with E-state index < -0.39 is 0 Å². The van der Waals surface area contributed by atoms with Gasteiger partial charge >= 0.3 is 0 Å². The first-order valence-electron chi connectivity index (χ1n) is 10.6. The Morgan fingerprint density at radius 1 is 1.19 bits per heavy atom. The smallest absolute Gasteiger partial charge is 0.169 e. The van der Waals surface area contributed by atoms with E-state index in [9.17, 15) is 0 Å². The van der Waals surface area contributed by atoms with E-state index in [-0.39, 0.29) is 6.04 Å². The van der Waals surface area contributed by atoms with Gasteiger partial charge in [-0.2, -0.15) is 0 Å². The summed E-state index contributed by atoms with van der Waals surface area (Å²) in [6, 6.07) is 11.5. The fraction of sp³-hybridized carbons (Fsp3) is 0.609. The molecule has 3 aliphatic rings. The van der Waals surface area contributed by atoms with Crippen LogP contribution in [0.2, 0.25) is 0 Å². The zero-order valence-corrected chi connectivity index (χ0v) is 17.5. The topological polar surface area (TPSA) is 18.5 Å². The first-order valence-corrected chi connectivity index (χ1v) is 11.0. The molecule has 1 aliphatic heterocycles. The number of thiocarbonyl (C=S) groups is 1. The van der Waals surface area contributed by atoms with E-state index in [1.165, 1.54) is 44.3 Å². The van der Waals surface area contributed by atoms with Crippen molar-refractivity contribution in [3.05, 3.63) is 48.0 Å². The molecule has 4 rings (SSSR count). The second-order valence-electron chi connectivity index (χ2n) is 8.81. The van der Waals surface area contributed by atoms with Gasteiger partial charge in [-0.1, -0.05) is 42.5 Å². The van der Waals surface area contributed by atoms with Gasteiger partial charge in [0.1, 0.15) is 0 Å². The van der Waals surface area contributed by atoms with Crippen molar-refractivity contribution in [2.75, 3.05) is 26.7 Å². The lowest BCUT2D eigenvalue weighted by atomic mass is 9.92. The van der Waals surface area contributed by atoms with Crippen molar-refractivity contribution in [2.45, 2.75) is 44.7 Å². The standard InChI is InChI=1S/C23H33N3S/c1-17(19-6-4-3-5-7-19)24-23(27)26(22-10-12-25(2)13-11-22)16-21-15-18-8-9-20(21)14-18/h3-9,17-18,20-22H,10-16H2,1-2H3,(H,24,27). The number of nitrogens with zero attached hydrogens (tertiary/aromatic N) is 2. The third kappa shape index (κ3) is 4.38. The van der Waals surface area contributed by atoms with Crippen LogP contribution in [0, 0.1) is 17.8 Å². The first kappa shape index (κ1) is 18.9. The highest BCUT2D eigenvalue weighted by molar-refractivity contribution is 7.80. The summed E-state index contributed by atoms with van der Waals surface area (Å²) in [5.41, 5.74) is 1.30. The van der Waals surface area contributed by atoms with Crippen molar-refractivity contribution in [1.29, 1.82) is 0 Å². The predicted octanol–water partition coefficient (Wildman–Crippen LogP) is 4.23. The number of hydrogen-bond donors (Lipinski definition) is 1. The lowest BCUT2D eigenvalue weighted by molar-refractivity contribution is 0.155. The van der Waals surface area contributed by atoms with Gasteiger partial charge in [0.15, 0.2) is 5.11 Å². The molecule has 0 aromatic heterocycles. The van der Waals surface area contributed by atoms with E-state index in [1.807, 2.05) is 0 Å². The summed E-state index contributed by atoms with van der Waals surface area (Å²) in [5, 5.41) is 4.60. The van der Waals surface area contributed by atoms with Gasteiger partial charge in [-0.3, -0.25) is 0 Å². The average Bonchev–Trinajstić information content (AvgIpc) is 3.31. The second kappa shape index (κ2) is 8.32. The average molecular weight is 384 g/mol. The minimum absolute atomic E-state index is 0.243. The quantitative estimate of drug-likeness (QED) is 0.605. The maximum atomic E-state index is 5.97. The highest BCUT2D eigenvalue weighted by Gasteiger charge is 2.38. The largest absolute Gasteiger partial charge is 0.356 e. The van der Waals surface area contributed by atoms with Crippen molar-refractivity contribution in [3.8, 4) is 0 Å². The van der Waals surface area contributed by atoms with Gasteiger partial charge in [-0.05, 0) is 88.3 Å². The lowest BCUT2D eigenvalue weighted by Gasteiger charge is -2.41. The van der Waals surface area contributed by atoms with Gasteiger partial charge in [0.25, 0.3) is 0 Å². The van der Waals surface area contributed by atoms with Gasteiger partial charge < -0.3 is 15.1 Å². The van der Waals surface area contributed by atoms with E-state index >= 15 is 0 Å². The van der Waals surface area contributed by atoms with Crippen LogP contribution in [0.4, 0.5) is 0 Å². The summed E-state index contributed by atoms with van der Waals surface area (Å²) >= 11 is 5.97. The second-order valence-corrected chi connectivity index (χ2v) is 9.20. The Morgan fingerprint density at radius 3 is 2.56 bits per heavy atom. The number of benzene rings is 1. The number of allylic oxidation sites excluding steroid dienone is 2. The number of hydrogen-bond acceptors (Lipinski definition) is 2. The Balaban J connectivity index is 1.44. The Bertz CT molecular complexity index is 665. The van der Waals surface area contributed by atoms with Gasteiger partial charge in [-0.25, -0.2) is 0 Å². The molecule has 0 radical (unpaired) electrons. The summed E-state index contributed by atoms with van der Waals surface area (Å²) in [6.07, 6.45) is 10.1. The van der Waals surface area contributed by atoms with E-state index in [1.54, 1.807) is 0 Å². The van der Waals surface area contributed by atoms with Crippen LogP contribution in [0.25, 0.3) is 0 Å². The molecule has 1 saturated carbocycles. The van der Waals surface area contributed by atoms with Crippen LogP contribution in [0.1, 0.15) is 44.2 Å². The number of rotatable bonds is 5. The van der Waals surface area contributed by atoms with Crippen LogP contribution in [0.15, 0.2) is 42.5 Å².